The van der Waals surface area contributed by atoms with Gasteiger partial charge in [0.25, 0.3) is 0 Å². The lowest BCUT2D eigenvalue weighted by molar-refractivity contribution is -0.163. The first-order chi connectivity index (χ1) is 12.3. The van der Waals surface area contributed by atoms with Gasteiger partial charge in [-0.2, -0.15) is 0 Å². The number of aliphatic hydroxyl groups is 2. The molecule has 1 saturated heterocycles. The van der Waals surface area contributed by atoms with Crippen molar-refractivity contribution in [3.05, 3.63) is 10.6 Å². The number of fused-ring (bicyclic) bond motifs is 1. The SMILES string of the molecule is C[C@@H](O)[C@H]1C(=O)N2C(C(=O)O)=C(SCCO)[C@H](CCCCN=C(N)N)[C@H]12. The normalized spacial score (nSPS) is 25.7. The van der Waals surface area contributed by atoms with Crippen LogP contribution < -0.4 is 11.5 Å². The van der Waals surface area contributed by atoms with Crippen molar-refractivity contribution in [3.8, 4) is 0 Å². The number of nitrogens with zero attached hydrogens (tertiary/aromatic N) is 2. The van der Waals surface area contributed by atoms with Crippen molar-refractivity contribution in [2.45, 2.75) is 38.3 Å². The van der Waals surface area contributed by atoms with E-state index in [1.165, 1.54) is 16.7 Å². The predicted octanol–water partition coefficient (Wildman–Crippen LogP) is -0.711. The molecule has 2 aliphatic rings. The number of carbonyl (C=O) groups excluding carboxylic acids is 1. The lowest BCUT2D eigenvalue weighted by Crippen LogP contribution is -2.63. The van der Waals surface area contributed by atoms with Gasteiger partial charge in [-0.1, -0.05) is 6.42 Å². The highest BCUT2D eigenvalue weighted by molar-refractivity contribution is 8.03. The lowest BCUT2D eigenvalue weighted by atomic mass is 9.77. The molecular formula is C16H26N4O5S. The quantitative estimate of drug-likeness (QED) is 0.142. The number of nitrogens with two attached hydrogens (primary N) is 2. The van der Waals surface area contributed by atoms with Crippen LogP contribution in [0.25, 0.3) is 0 Å². The fourth-order valence-corrected chi connectivity index (χ4v) is 4.79. The smallest absolute Gasteiger partial charge is 0.353 e. The first-order valence-corrected chi connectivity index (χ1v) is 9.57. The number of aliphatic hydroxyl groups excluding tert-OH is 2. The van der Waals surface area contributed by atoms with Gasteiger partial charge in [0.1, 0.15) is 5.70 Å². The van der Waals surface area contributed by atoms with Crippen molar-refractivity contribution in [1.29, 1.82) is 0 Å². The van der Waals surface area contributed by atoms with Crippen molar-refractivity contribution in [2.75, 3.05) is 18.9 Å². The van der Waals surface area contributed by atoms with Crippen LogP contribution in [0.1, 0.15) is 26.2 Å². The molecule has 0 aromatic rings. The number of unbranched alkanes of at least 4 members (excludes halogenated alkanes) is 1. The van der Waals surface area contributed by atoms with Gasteiger partial charge in [-0.05, 0) is 19.8 Å². The van der Waals surface area contributed by atoms with Crippen molar-refractivity contribution in [3.63, 3.8) is 0 Å². The predicted molar refractivity (Wildman–Crippen MR) is 98.0 cm³/mol. The van der Waals surface area contributed by atoms with Gasteiger partial charge in [0.05, 0.1) is 24.7 Å². The highest BCUT2D eigenvalue weighted by atomic mass is 32.2. The van der Waals surface area contributed by atoms with Crippen LogP contribution in [0.4, 0.5) is 0 Å². The molecule has 7 N–H and O–H groups in total. The summed E-state index contributed by atoms with van der Waals surface area (Å²) >= 11 is 1.27. The molecule has 0 saturated carbocycles. The summed E-state index contributed by atoms with van der Waals surface area (Å²) in [6, 6.07) is -0.349. The largest absolute Gasteiger partial charge is 0.477 e. The van der Waals surface area contributed by atoms with Crippen LogP contribution >= 0.6 is 11.8 Å². The molecule has 146 valence electrons. The second kappa shape index (κ2) is 8.74. The fraction of sp³-hybridized carbons (Fsp3) is 0.688. The Balaban J connectivity index is 2.20. The zero-order valence-electron chi connectivity index (χ0n) is 14.7. The molecule has 0 spiro atoms. The number of β-lactam (4-membered cyclic amide) rings is 1. The zero-order chi connectivity index (χ0) is 19.4. The highest BCUT2D eigenvalue weighted by Crippen LogP contribution is 2.52. The maximum Gasteiger partial charge on any atom is 0.353 e. The molecule has 0 aliphatic carbocycles. The first kappa shape index (κ1) is 20.5. The molecule has 0 unspecified atom stereocenters. The van der Waals surface area contributed by atoms with Gasteiger partial charge >= 0.3 is 5.97 Å². The van der Waals surface area contributed by atoms with Crippen molar-refractivity contribution < 1.29 is 24.9 Å². The molecule has 4 atom stereocenters. The third kappa shape index (κ3) is 3.97. The monoisotopic (exact) mass is 386 g/mol. The molecule has 1 fully saturated rings. The molecule has 2 aliphatic heterocycles. The zero-order valence-corrected chi connectivity index (χ0v) is 15.5. The van der Waals surface area contributed by atoms with Gasteiger partial charge in [0.2, 0.25) is 5.91 Å². The fourth-order valence-electron chi connectivity index (χ4n) is 3.69. The van der Waals surface area contributed by atoms with Crippen LogP contribution in [0.3, 0.4) is 0 Å². The number of carbonyl (C=O) groups is 2. The Labute approximate surface area is 156 Å². The minimum atomic E-state index is -1.16. The maximum absolute atomic E-state index is 12.4. The second-order valence-corrected chi connectivity index (χ2v) is 7.60. The summed E-state index contributed by atoms with van der Waals surface area (Å²) in [5, 5.41) is 28.7. The molecule has 26 heavy (non-hydrogen) atoms. The number of rotatable bonds is 10. The van der Waals surface area contributed by atoms with Crippen LogP contribution in [0.15, 0.2) is 15.6 Å². The second-order valence-electron chi connectivity index (χ2n) is 6.46. The molecule has 2 heterocycles. The van der Waals surface area contributed by atoms with E-state index in [1.807, 2.05) is 0 Å². The van der Waals surface area contributed by atoms with Gasteiger partial charge in [-0.3, -0.25) is 9.79 Å². The third-order valence-electron chi connectivity index (χ3n) is 4.70. The van der Waals surface area contributed by atoms with E-state index in [4.69, 9.17) is 16.6 Å². The average Bonchev–Trinajstić information content (AvgIpc) is 2.82. The number of carboxylic acids is 1. The highest BCUT2D eigenvalue weighted by Gasteiger charge is 2.60. The summed E-state index contributed by atoms with van der Waals surface area (Å²) in [5.74, 6) is -1.90. The number of hydrogen-bond donors (Lipinski definition) is 5. The summed E-state index contributed by atoms with van der Waals surface area (Å²) in [7, 11) is 0. The lowest BCUT2D eigenvalue weighted by Gasteiger charge is -2.47. The van der Waals surface area contributed by atoms with Crippen molar-refractivity contribution in [1.82, 2.24) is 4.90 Å². The van der Waals surface area contributed by atoms with Crippen molar-refractivity contribution >= 4 is 29.6 Å². The average molecular weight is 386 g/mol. The van der Waals surface area contributed by atoms with Crippen LogP contribution in [0, 0.1) is 11.8 Å². The minimum absolute atomic E-state index is 0.00965. The molecule has 10 heteroatoms. The third-order valence-corrected chi connectivity index (χ3v) is 5.89. The maximum atomic E-state index is 12.4. The van der Waals surface area contributed by atoms with E-state index in [9.17, 15) is 19.8 Å². The van der Waals surface area contributed by atoms with Crippen LogP contribution in [-0.2, 0) is 9.59 Å². The summed E-state index contributed by atoms with van der Waals surface area (Å²) in [5.41, 5.74) is 10.6. The Morgan fingerprint density at radius 1 is 1.38 bits per heavy atom. The number of aliphatic carboxylic acids is 1. The molecule has 0 bridgehead atoms. The van der Waals surface area contributed by atoms with E-state index in [-0.39, 0.29) is 36.1 Å². The van der Waals surface area contributed by atoms with E-state index in [0.717, 1.165) is 12.8 Å². The summed E-state index contributed by atoms with van der Waals surface area (Å²) in [6.45, 7) is 1.95. The van der Waals surface area contributed by atoms with E-state index >= 15 is 0 Å². The molecule has 2 rings (SSSR count). The Bertz CT molecular complexity index is 618. The Hall–Kier alpha value is -1.78. The molecule has 1 amide bonds. The summed E-state index contributed by atoms with van der Waals surface area (Å²) in [6.07, 6.45) is 1.30. The van der Waals surface area contributed by atoms with Crippen LogP contribution in [0.2, 0.25) is 0 Å². The number of hydrogen-bond acceptors (Lipinski definition) is 6. The minimum Gasteiger partial charge on any atom is -0.477 e. The number of aliphatic imine (C=N–C) groups is 1. The Morgan fingerprint density at radius 2 is 2.08 bits per heavy atom. The number of amides is 1. The Morgan fingerprint density at radius 3 is 2.62 bits per heavy atom. The van der Waals surface area contributed by atoms with Gasteiger partial charge in [0.15, 0.2) is 5.96 Å². The van der Waals surface area contributed by atoms with Gasteiger partial charge < -0.3 is 31.7 Å². The number of carboxylic acid groups (broad SMARTS) is 1. The standard InChI is InChI=1S/C16H26N4O5S/c1-8(22)10-11-9(4-2-3-5-19-16(17)18)13(26-7-6-21)12(15(24)25)20(11)14(10)23/h8-11,21-22H,2-7H2,1H3,(H,24,25)(H4,17,18,19)/t8-,9-,10-,11-/m1/s1. The van der Waals surface area contributed by atoms with Crippen LogP contribution in [-0.4, -0.2) is 69.1 Å². The summed E-state index contributed by atoms with van der Waals surface area (Å²) in [4.78, 5) is 30.0. The molecule has 0 aromatic carbocycles. The number of guanidine groups is 1. The Kier molecular flexibility index (Phi) is 6.90. The topological polar surface area (TPSA) is 162 Å². The molecule has 0 radical (unpaired) electrons. The van der Waals surface area contributed by atoms with Gasteiger partial charge in [-0.25, -0.2) is 4.79 Å². The van der Waals surface area contributed by atoms with Crippen molar-refractivity contribution in [2.24, 2.45) is 28.3 Å². The molecular weight excluding hydrogens is 360 g/mol. The van der Waals surface area contributed by atoms with E-state index in [0.29, 0.717) is 23.6 Å². The van der Waals surface area contributed by atoms with Crippen LogP contribution in [0.5, 0.6) is 0 Å². The van der Waals surface area contributed by atoms with E-state index in [2.05, 4.69) is 4.99 Å². The first-order valence-electron chi connectivity index (χ1n) is 8.58. The van der Waals surface area contributed by atoms with Gasteiger partial charge in [0, 0.05) is 23.1 Å². The summed E-state index contributed by atoms with van der Waals surface area (Å²) < 4.78 is 0. The van der Waals surface area contributed by atoms with E-state index in [1.54, 1.807) is 6.92 Å². The van der Waals surface area contributed by atoms with E-state index < -0.39 is 18.0 Å². The molecule has 9 nitrogen and oxygen atoms in total. The molecule has 0 aromatic heterocycles. The number of thioether (sulfide) groups is 1. The van der Waals surface area contributed by atoms with Gasteiger partial charge in [-0.15, -0.1) is 11.8 Å².